The highest BCUT2D eigenvalue weighted by atomic mass is 35.5. The molecule has 3 nitrogen and oxygen atoms in total. The van der Waals surface area contributed by atoms with Gasteiger partial charge in [0.1, 0.15) is 9.84 Å². The third-order valence-electron chi connectivity index (χ3n) is 2.08. The molecule has 0 aliphatic carbocycles. The van der Waals surface area contributed by atoms with Crippen LogP contribution in [0.3, 0.4) is 0 Å². The van der Waals surface area contributed by atoms with Gasteiger partial charge >= 0.3 is 0 Å². The van der Waals surface area contributed by atoms with Crippen LogP contribution in [0.2, 0.25) is 5.02 Å². The fourth-order valence-electron chi connectivity index (χ4n) is 1.51. The van der Waals surface area contributed by atoms with Crippen molar-refractivity contribution in [3.63, 3.8) is 0 Å². The number of rotatable bonds is 4. The van der Waals surface area contributed by atoms with E-state index in [9.17, 15) is 8.42 Å². The molecule has 1 atom stereocenters. The first-order chi connectivity index (χ1) is 7.28. The Kier molecular flexibility index (Phi) is 4.21. The number of anilines is 1. The zero-order valence-corrected chi connectivity index (χ0v) is 11.2. The van der Waals surface area contributed by atoms with E-state index in [1.54, 1.807) is 6.07 Å². The van der Waals surface area contributed by atoms with Gasteiger partial charge in [0, 0.05) is 12.3 Å². The third kappa shape index (κ3) is 4.41. The van der Waals surface area contributed by atoms with Crippen molar-refractivity contribution < 1.29 is 8.42 Å². The standard InChI is InChI=1S/C11H16ClNO2S/c1-8-4-5-10(12)11(6-8)13-9(2)7-16(3,14)15/h4-6,9,13H,7H2,1-3H3. The van der Waals surface area contributed by atoms with Gasteiger partial charge in [-0.3, -0.25) is 0 Å². The quantitative estimate of drug-likeness (QED) is 0.906. The number of halogens is 1. The Hall–Kier alpha value is -0.740. The Bertz CT molecular complexity index is 471. The van der Waals surface area contributed by atoms with Crippen molar-refractivity contribution in [2.45, 2.75) is 19.9 Å². The molecule has 1 N–H and O–H groups in total. The maximum atomic E-state index is 11.1. The second-order valence-electron chi connectivity index (χ2n) is 4.12. The van der Waals surface area contributed by atoms with Crippen LogP contribution in [0.1, 0.15) is 12.5 Å². The molecule has 1 rings (SSSR count). The molecule has 0 saturated heterocycles. The lowest BCUT2D eigenvalue weighted by Crippen LogP contribution is -2.25. The summed E-state index contributed by atoms with van der Waals surface area (Å²) in [5.41, 5.74) is 1.86. The molecule has 1 aromatic rings. The Morgan fingerprint density at radius 2 is 2.06 bits per heavy atom. The number of sulfone groups is 1. The van der Waals surface area contributed by atoms with Gasteiger partial charge in [0.25, 0.3) is 0 Å². The van der Waals surface area contributed by atoms with Crippen molar-refractivity contribution in [3.8, 4) is 0 Å². The molecule has 0 radical (unpaired) electrons. The fraction of sp³-hybridized carbons (Fsp3) is 0.455. The van der Waals surface area contributed by atoms with Crippen LogP contribution in [0, 0.1) is 6.92 Å². The van der Waals surface area contributed by atoms with Crippen molar-refractivity contribution >= 4 is 27.1 Å². The molecule has 0 amide bonds. The average Bonchev–Trinajstić information content (AvgIpc) is 2.08. The summed E-state index contributed by atoms with van der Waals surface area (Å²) in [5, 5.41) is 3.70. The van der Waals surface area contributed by atoms with Crippen LogP contribution >= 0.6 is 11.6 Å². The van der Waals surface area contributed by atoms with E-state index in [0.29, 0.717) is 5.02 Å². The molecular formula is C11H16ClNO2S. The zero-order chi connectivity index (χ0) is 12.3. The largest absolute Gasteiger partial charge is 0.380 e. The van der Waals surface area contributed by atoms with Gasteiger partial charge in [0.15, 0.2) is 0 Å². The van der Waals surface area contributed by atoms with Gasteiger partial charge in [-0.25, -0.2) is 8.42 Å². The van der Waals surface area contributed by atoms with Gasteiger partial charge in [-0.1, -0.05) is 17.7 Å². The zero-order valence-electron chi connectivity index (χ0n) is 9.62. The first kappa shape index (κ1) is 13.3. The molecular weight excluding hydrogens is 246 g/mol. The average molecular weight is 262 g/mol. The topological polar surface area (TPSA) is 46.2 Å². The number of hydrogen-bond acceptors (Lipinski definition) is 3. The summed E-state index contributed by atoms with van der Waals surface area (Å²) in [5.74, 6) is 0.0945. The lowest BCUT2D eigenvalue weighted by atomic mass is 10.2. The third-order valence-corrected chi connectivity index (χ3v) is 3.51. The summed E-state index contributed by atoms with van der Waals surface area (Å²) in [6.45, 7) is 3.78. The summed E-state index contributed by atoms with van der Waals surface area (Å²) in [6, 6.07) is 5.46. The van der Waals surface area contributed by atoms with Crippen LogP contribution in [0.15, 0.2) is 18.2 Å². The van der Waals surface area contributed by atoms with Crippen molar-refractivity contribution in [2.24, 2.45) is 0 Å². The minimum absolute atomic E-state index is 0.0945. The molecule has 0 aromatic heterocycles. The molecule has 0 heterocycles. The highest BCUT2D eigenvalue weighted by Crippen LogP contribution is 2.23. The summed E-state index contributed by atoms with van der Waals surface area (Å²) in [6.07, 6.45) is 1.23. The van der Waals surface area contributed by atoms with Gasteiger partial charge in [-0.05, 0) is 31.5 Å². The number of nitrogens with one attached hydrogen (secondary N) is 1. The SMILES string of the molecule is Cc1ccc(Cl)c(NC(C)CS(C)(=O)=O)c1. The molecule has 5 heteroatoms. The van der Waals surface area contributed by atoms with Crippen molar-refractivity contribution in [1.29, 1.82) is 0 Å². The van der Waals surface area contributed by atoms with Crippen LogP contribution in [-0.2, 0) is 9.84 Å². The Morgan fingerprint density at radius 3 is 2.62 bits per heavy atom. The summed E-state index contributed by atoms with van der Waals surface area (Å²) >= 11 is 6.00. The van der Waals surface area contributed by atoms with Crippen molar-refractivity contribution in [3.05, 3.63) is 28.8 Å². The molecule has 16 heavy (non-hydrogen) atoms. The molecule has 0 bridgehead atoms. The number of aryl methyl sites for hydroxylation is 1. The van der Waals surface area contributed by atoms with E-state index in [1.165, 1.54) is 6.26 Å². The highest BCUT2D eigenvalue weighted by Gasteiger charge is 2.11. The van der Waals surface area contributed by atoms with E-state index in [4.69, 9.17) is 11.6 Å². The van der Waals surface area contributed by atoms with Crippen LogP contribution in [0.5, 0.6) is 0 Å². The molecule has 0 saturated carbocycles. The molecule has 0 aliphatic rings. The van der Waals surface area contributed by atoms with E-state index < -0.39 is 9.84 Å². The van der Waals surface area contributed by atoms with Crippen LogP contribution in [0.4, 0.5) is 5.69 Å². The Balaban J connectivity index is 2.77. The highest BCUT2D eigenvalue weighted by molar-refractivity contribution is 7.90. The predicted octanol–water partition coefficient (Wildman–Crippen LogP) is 2.49. The lowest BCUT2D eigenvalue weighted by Gasteiger charge is -2.15. The smallest absolute Gasteiger partial charge is 0.149 e. The Labute approximate surface area is 102 Å². The van der Waals surface area contributed by atoms with E-state index in [-0.39, 0.29) is 11.8 Å². The summed E-state index contributed by atoms with van der Waals surface area (Å²) < 4.78 is 22.2. The van der Waals surface area contributed by atoms with Crippen molar-refractivity contribution in [1.82, 2.24) is 0 Å². The molecule has 0 aliphatic heterocycles. The van der Waals surface area contributed by atoms with Crippen LogP contribution < -0.4 is 5.32 Å². The van der Waals surface area contributed by atoms with E-state index >= 15 is 0 Å². The van der Waals surface area contributed by atoms with Crippen LogP contribution in [-0.4, -0.2) is 26.5 Å². The first-order valence-corrected chi connectivity index (χ1v) is 7.42. The molecule has 0 spiro atoms. The minimum atomic E-state index is -2.97. The fourth-order valence-corrected chi connectivity index (χ4v) is 2.67. The maximum Gasteiger partial charge on any atom is 0.149 e. The summed E-state index contributed by atoms with van der Waals surface area (Å²) in [4.78, 5) is 0. The van der Waals surface area contributed by atoms with E-state index in [2.05, 4.69) is 5.32 Å². The summed E-state index contributed by atoms with van der Waals surface area (Å²) in [7, 11) is -2.97. The lowest BCUT2D eigenvalue weighted by molar-refractivity contribution is 0.598. The molecule has 0 fully saturated rings. The second-order valence-corrected chi connectivity index (χ2v) is 6.71. The second kappa shape index (κ2) is 5.06. The van der Waals surface area contributed by atoms with Crippen molar-refractivity contribution in [2.75, 3.05) is 17.3 Å². The van der Waals surface area contributed by atoms with Gasteiger partial charge in [0.2, 0.25) is 0 Å². The van der Waals surface area contributed by atoms with Gasteiger partial charge in [-0.2, -0.15) is 0 Å². The molecule has 1 aromatic carbocycles. The molecule has 90 valence electrons. The van der Waals surface area contributed by atoms with Gasteiger partial charge in [0.05, 0.1) is 16.5 Å². The predicted molar refractivity (Wildman–Crippen MR) is 69.0 cm³/mol. The van der Waals surface area contributed by atoms with Gasteiger partial charge in [-0.15, -0.1) is 0 Å². The number of benzene rings is 1. The molecule has 1 unspecified atom stereocenters. The Morgan fingerprint density at radius 1 is 1.44 bits per heavy atom. The maximum absolute atomic E-state index is 11.1. The van der Waals surface area contributed by atoms with E-state index in [1.807, 2.05) is 26.0 Å². The minimum Gasteiger partial charge on any atom is -0.380 e. The first-order valence-electron chi connectivity index (χ1n) is 4.98. The van der Waals surface area contributed by atoms with Gasteiger partial charge < -0.3 is 5.32 Å². The van der Waals surface area contributed by atoms with Crippen LogP contribution in [0.25, 0.3) is 0 Å². The monoisotopic (exact) mass is 261 g/mol. The number of hydrogen-bond donors (Lipinski definition) is 1. The normalized spacial score (nSPS) is 13.5. The van der Waals surface area contributed by atoms with E-state index in [0.717, 1.165) is 11.3 Å².